The van der Waals surface area contributed by atoms with Gasteiger partial charge < -0.3 is 14.2 Å². The van der Waals surface area contributed by atoms with Gasteiger partial charge in [-0.1, -0.05) is 24.3 Å². The number of ether oxygens (including phenoxy) is 3. The SMILES string of the molecule is COc1cc(/C=N\NC(=O)COc2ccc(C3SCCS3)cc2)ccc1OCc1ccc(I)cc1. The molecule has 0 spiro atoms. The Morgan fingerprint density at radius 3 is 2.49 bits per heavy atom. The molecule has 1 fully saturated rings. The van der Waals surface area contributed by atoms with Crippen LogP contribution in [0.5, 0.6) is 17.2 Å². The maximum atomic E-state index is 12.1. The maximum absolute atomic E-state index is 12.1. The highest BCUT2D eigenvalue weighted by molar-refractivity contribution is 14.1. The molecule has 9 heteroatoms. The van der Waals surface area contributed by atoms with Gasteiger partial charge in [0.15, 0.2) is 18.1 Å². The van der Waals surface area contributed by atoms with E-state index in [9.17, 15) is 4.79 Å². The second-order valence-corrected chi connectivity index (χ2v) is 11.5. The Morgan fingerprint density at radius 2 is 1.77 bits per heavy atom. The molecule has 3 aromatic rings. The summed E-state index contributed by atoms with van der Waals surface area (Å²) in [6.07, 6.45) is 1.55. The minimum absolute atomic E-state index is 0.113. The van der Waals surface area contributed by atoms with Crippen molar-refractivity contribution in [1.29, 1.82) is 0 Å². The number of halogens is 1. The molecule has 0 aliphatic carbocycles. The molecule has 1 aliphatic rings. The average Bonchev–Trinajstić information content (AvgIpc) is 3.43. The van der Waals surface area contributed by atoms with E-state index < -0.39 is 0 Å². The van der Waals surface area contributed by atoms with E-state index in [4.69, 9.17) is 14.2 Å². The summed E-state index contributed by atoms with van der Waals surface area (Å²) in [5, 5.41) is 4.02. The van der Waals surface area contributed by atoms with E-state index in [0.717, 1.165) is 11.1 Å². The highest BCUT2D eigenvalue weighted by atomic mass is 127. The summed E-state index contributed by atoms with van der Waals surface area (Å²) in [6, 6.07) is 21.5. The number of methoxy groups -OCH3 is 1. The quantitative estimate of drug-likeness (QED) is 0.173. The number of hydrogen-bond acceptors (Lipinski definition) is 7. The summed E-state index contributed by atoms with van der Waals surface area (Å²) in [5.41, 5.74) is 5.61. The number of hydrogen-bond donors (Lipinski definition) is 1. The Balaban J connectivity index is 1.24. The molecule has 1 heterocycles. The van der Waals surface area contributed by atoms with E-state index in [2.05, 4.69) is 45.3 Å². The van der Waals surface area contributed by atoms with Crippen LogP contribution in [-0.2, 0) is 11.4 Å². The second-order valence-electron chi connectivity index (χ2n) is 7.55. The van der Waals surface area contributed by atoms with E-state index in [1.165, 1.54) is 20.6 Å². The first-order valence-corrected chi connectivity index (χ1v) is 14.1. The van der Waals surface area contributed by atoms with Crippen molar-refractivity contribution in [2.75, 3.05) is 25.2 Å². The Hall–Kier alpha value is -2.37. The van der Waals surface area contributed by atoms with Crippen LogP contribution in [-0.4, -0.2) is 37.3 Å². The zero-order chi connectivity index (χ0) is 24.5. The van der Waals surface area contributed by atoms with Crippen molar-refractivity contribution in [3.63, 3.8) is 0 Å². The van der Waals surface area contributed by atoms with Crippen molar-refractivity contribution < 1.29 is 19.0 Å². The van der Waals surface area contributed by atoms with E-state index in [1.54, 1.807) is 19.4 Å². The van der Waals surface area contributed by atoms with Gasteiger partial charge >= 0.3 is 0 Å². The lowest BCUT2D eigenvalue weighted by molar-refractivity contribution is -0.123. The smallest absolute Gasteiger partial charge is 0.277 e. The fraction of sp³-hybridized carbons (Fsp3) is 0.231. The maximum Gasteiger partial charge on any atom is 0.277 e. The number of nitrogens with zero attached hydrogens (tertiary/aromatic N) is 1. The minimum Gasteiger partial charge on any atom is -0.493 e. The van der Waals surface area contributed by atoms with Gasteiger partial charge in [-0.15, -0.1) is 23.5 Å². The number of amides is 1. The zero-order valence-electron chi connectivity index (χ0n) is 19.1. The first kappa shape index (κ1) is 25.7. The molecule has 4 rings (SSSR count). The molecule has 3 aromatic carbocycles. The lowest BCUT2D eigenvalue weighted by atomic mass is 10.2. The van der Waals surface area contributed by atoms with Crippen LogP contribution in [0.2, 0.25) is 0 Å². The van der Waals surface area contributed by atoms with Crippen molar-refractivity contribution >= 4 is 58.2 Å². The highest BCUT2D eigenvalue weighted by Gasteiger charge is 2.18. The van der Waals surface area contributed by atoms with Crippen LogP contribution in [0.25, 0.3) is 0 Å². The summed E-state index contributed by atoms with van der Waals surface area (Å²) in [4.78, 5) is 12.1. The molecule has 1 saturated heterocycles. The molecule has 0 saturated carbocycles. The lowest BCUT2D eigenvalue weighted by Crippen LogP contribution is -2.24. The lowest BCUT2D eigenvalue weighted by Gasteiger charge is -2.11. The van der Waals surface area contributed by atoms with Crippen molar-refractivity contribution in [2.45, 2.75) is 11.2 Å². The molecule has 1 amide bonds. The highest BCUT2D eigenvalue weighted by Crippen LogP contribution is 2.45. The number of nitrogens with one attached hydrogen (secondary N) is 1. The van der Waals surface area contributed by atoms with Gasteiger partial charge in [-0.05, 0) is 81.7 Å². The number of hydrazone groups is 1. The van der Waals surface area contributed by atoms with Gasteiger partial charge in [0.1, 0.15) is 12.4 Å². The summed E-state index contributed by atoms with van der Waals surface area (Å²) >= 11 is 6.19. The summed E-state index contributed by atoms with van der Waals surface area (Å²) in [5.74, 6) is 3.92. The minimum atomic E-state index is -0.336. The molecule has 182 valence electrons. The van der Waals surface area contributed by atoms with Crippen LogP contribution in [0.4, 0.5) is 0 Å². The molecule has 1 aliphatic heterocycles. The van der Waals surface area contributed by atoms with Gasteiger partial charge in [0.2, 0.25) is 0 Å². The van der Waals surface area contributed by atoms with Gasteiger partial charge in [-0.2, -0.15) is 5.10 Å². The average molecular weight is 621 g/mol. The Morgan fingerprint density at radius 1 is 1.03 bits per heavy atom. The first-order chi connectivity index (χ1) is 17.1. The van der Waals surface area contributed by atoms with Crippen LogP contribution in [0.3, 0.4) is 0 Å². The van der Waals surface area contributed by atoms with Gasteiger partial charge in [-0.25, -0.2) is 5.43 Å². The first-order valence-electron chi connectivity index (χ1n) is 10.9. The topological polar surface area (TPSA) is 69.2 Å². The van der Waals surface area contributed by atoms with Gasteiger partial charge in [0.05, 0.1) is 17.9 Å². The molecule has 0 bridgehead atoms. The number of thioether (sulfide) groups is 2. The molecule has 35 heavy (non-hydrogen) atoms. The van der Waals surface area contributed by atoms with Crippen LogP contribution < -0.4 is 19.6 Å². The second kappa shape index (κ2) is 13.1. The fourth-order valence-corrected chi connectivity index (χ4v) is 6.48. The van der Waals surface area contributed by atoms with Crippen molar-refractivity contribution in [3.8, 4) is 17.2 Å². The predicted octanol–water partition coefficient (Wildman–Crippen LogP) is 5.89. The Bertz CT molecular complexity index is 1150. The number of carbonyl (C=O) groups is 1. The van der Waals surface area contributed by atoms with E-state index in [1.807, 2.05) is 72.1 Å². The number of benzene rings is 3. The third kappa shape index (κ3) is 7.81. The van der Waals surface area contributed by atoms with Crippen molar-refractivity contribution in [3.05, 3.63) is 87.0 Å². The van der Waals surface area contributed by atoms with Crippen LogP contribution in [0.15, 0.2) is 71.8 Å². The van der Waals surface area contributed by atoms with Crippen LogP contribution >= 0.6 is 46.1 Å². The van der Waals surface area contributed by atoms with E-state index in [-0.39, 0.29) is 12.5 Å². The summed E-state index contributed by atoms with van der Waals surface area (Å²) in [7, 11) is 1.59. The molecular formula is C26H25IN2O4S2. The summed E-state index contributed by atoms with van der Waals surface area (Å²) in [6.45, 7) is 0.330. The van der Waals surface area contributed by atoms with Gasteiger partial charge in [-0.3, -0.25) is 4.79 Å². The standard InChI is InChI=1S/C26H25IN2O4S2/c1-31-24-14-19(4-11-23(24)33-16-18-2-7-21(27)8-3-18)15-28-29-25(30)17-32-22-9-5-20(6-10-22)26-34-12-13-35-26/h2-11,14-15,26H,12-13,16-17H2,1H3,(H,29,30)/b28-15-. The Kier molecular flexibility index (Phi) is 9.61. The molecule has 0 radical (unpaired) electrons. The number of rotatable bonds is 10. The van der Waals surface area contributed by atoms with E-state index in [0.29, 0.717) is 28.4 Å². The van der Waals surface area contributed by atoms with Crippen LogP contribution in [0, 0.1) is 3.57 Å². The van der Waals surface area contributed by atoms with Crippen molar-refractivity contribution in [2.24, 2.45) is 5.10 Å². The van der Waals surface area contributed by atoms with Crippen molar-refractivity contribution in [1.82, 2.24) is 5.43 Å². The molecule has 0 atom stereocenters. The summed E-state index contributed by atoms with van der Waals surface area (Å²) < 4.78 is 18.6. The third-order valence-corrected chi connectivity index (χ3v) is 8.87. The van der Waals surface area contributed by atoms with E-state index >= 15 is 0 Å². The Labute approximate surface area is 227 Å². The largest absolute Gasteiger partial charge is 0.493 e. The molecule has 0 aromatic heterocycles. The van der Waals surface area contributed by atoms with Gasteiger partial charge in [0, 0.05) is 15.1 Å². The molecule has 1 N–H and O–H groups in total. The molecule has 6 nitrogen and oxygen atoms in total. The predicted molar refractivity (Wildman–Crippen MR) is 152 cm³/mol. The number of carbonyl (C=O) groups excluding carboxylic acids is 1. The van der Waals surface area contributed by atoms with Crippen LogP contribution in [0.1, 0.15) is 21.3 Å². The fourth-order valence-electron chi connectivity index (χ4n) is 3.26. The monoisotopic (exact) mass is 620 g/mol. The third-order valence-electron chi connectivity index (χ3n) is 5.04. The van der Waals surface area contributed by atoms with Gasteiger partial charge in [0.25, 0.3) is 5.91 Å². The molecule has 0 unspecified atom stereocenters. The molecular weight excluding hydrogens is 595 g/mol. The zero-order valence-corrected chi connectivity index (χ0v) is 22.9. The normalized spacial score (nSPS) is 13.7.